The quantitative estimate of drug-likeness (QED) is 0.361. The molecule has 0 atom stereocenters. The number of alkyl halides is 2. The van der Waals surface area contributed by atoms with Gasteiger partial charge in [0.1, 0.15) is 11.5 Å². The van der Waals surface area contributed by atoms with Crippen LogP contribution in [0.5, 0.6) is 0 Å². The van der Waals surface area contributed by atoms with E-state index in [1.54, 1.807) is 36.4 Å². The molecule has 1 heterocycles. The van der Waals surface area contributed by atoms with E-state index in [1.807, 2.05) is 6.07 Å². The second-order valence-electron chi connectivity index (χ2n) is 4.18. The molecule has 0 radical (unpaired) electrons. The molecule has 1 N–H and O–H groups in total. The number of nitrogens with zero attached hydrogens (tertiary/aromatic N) is 2. The normalized spacial score (nSPS) is 11.0. The van der Waals surface area contributed by atoms with Crippen molar-refractivity contribution in [2.24, 2.45) is 5.10 Å². The maximum atomic E-state index is 12.2. The molecule has 0 bridgehead atoms. The molecule has 0 spiro atoms. The zero-order valence-corrected chi connectivity index (χ0v) is 12.3. The van der Waals surface area contributed by atoms with Crippen LogP contribution in [0.1, 0.15) is 12.2 Å². The second kappa shape index (κ2) is 8.20. The topological polar surface area (TPSA) is 61.3 Å². The first kappa shape index (κ1) is 16.0. The number of halogens is 2. The van der Waals surface area contributed by atoms with E-state index in [-0.39, 0.29) is 0 Å². The van der Waals surface area contributed by atoms with Gasteiger partial charge < -0.3 is 9.84 Å². The lowest BCUT2D eigenvalue weighted by molar-refractivity contribution is 0.252. The first-order chi connectivity index (χ1) is 10.7. The SMILES string of the molecule is N#CCCN/N=C\c1ccc(-c2ccc(SC(F)F)cc2)o1. The predicted octanol–water partition coefficient (Wildman–Crippen LogP) is 4.10. The Hall–Kier alpha value is -2.33. The van der Waals surface area contributed by atoms with Crippen LogP contribution in [0.3, 0.4) is 0 Å². The molecule has 0 aliphatic heterocycles. The predicted molar refractivity (Wildman–Crippen MR) is 81.8 cm³/mol. The largest absolute Gasteiger partial charge is 0.455 e. The molecular formula is C15H13F2N3OS. The molecule has 0 aliphatic carbocycles. The van der Waals surface area contributed by atoms with Gasteiger partial charge in [-0.05, 0) is 24.3 Å². The highest BCUT2D eigenvalue weighted by Gasteiger charge is 2.07. The summed E-state index contributed by atoms with van der Waals surface area (Å²) in [5.74, 6) is -1.23. The Morgan fingerprint density at radius 1 is 1.27 bits per heavy atom. The lowest BCUT2D eigenvalue weighted by atomic mass is 10.2. The van der Waals surface area contributed by atoms with Gasteiger partial charge in [-0.2, -0.15) is 19.1 Å². The Kier molecular flexibility index (Phi) is 5.98. The molecule has 22 heavy (non-hydrogen) atoms. The number of hydrogen-bond donors (Lipinski definition) is 1. The Labute approximate surface area is 130 Å². The highest BCUT2D eigenvalue weighted by atomic mass is 32.2. The van der Waals surface area contributed by atoms with Crippen molar-refractivity contribution in [2.45, 2.75) is 17.1 Å². The van der Waals surface area contributed by atoms with Gasteiger partial charge in [-0.15, -0.1) is 0 Å². The van der Waals surface area contributed by atoms with Gasteiger partial charge in [0.2, 0.25) is 0 Å². The van der Waals surface area contributed by atoms with E-state index < -0.39 is 5.76 Å². The maximum absolute atomic E-state index is 12.2. The average molecular weight is 321 g/mol. The number of benzene rings is 1. The Morgan fingerprint density at radius 2 is 2.05 bits per heavy atom. The third kappa shape index (κ3) is 4.90. The smallest absolute Gasteiger partial charge is 0.288 e. The van der Waals surface area contributed by atoms with Crippen molar-refractivity contribution in [2.75, 3.05) is 6.54 Å². The summed E-state index contributed by atoms with van der Waals surface area (Å²) < 4.78 is 30.1. The zero-order chi connectivity index (χ0) is 15.8. The molecule has 114 valence electrons. The second-order valence-corrected chi connectivity index (χ2v) is 5.24. The van der Waals surface area contributed by atoms with Crippen LogP contribution < -0.4 is 5.43 Å². The number of rotatable bonds is 7. The van der Waals surface area contributed by atoms with E-state index in [4.69, 9.17) is 9.68 Å². The summed E-state index contributed by atoms with van der Waals surface area (Å²) in [6.45, 7) is 0.476. The molecule has 7 heteroatoms. The average Bonchev–Trinajstić information content (AvgIpc) is 2.96. The van der Waals surface area contributed by atoms with Gasteiger partial charge in [-0.3, -0.25) is 0 Å². The fourth-order valence-corrected chi connectivity index (χ4v) is 2.16. The number of hydrazone groups is 1. The van der Waals surface area contributed by atoms with Crippen molar-refractivity contribution >= 4 is 18.0 Å². The lowest BCUT2D eigenvalue weighted by Gasteiger charge is -2.01. The monoisotopic (exact) mass is 321 g/mol. The number of nitrogens with one attached hydrogen (secondary N) is 1. The van der Waals surface area contributed by atoms with Gasteiger partial charge in [0, 0.05) is 17.0 Å². The van der Waals surface area contributed by atoms with Crippen LogP contribution in [-0.4, -0.2) is 18.5 Å². The summed E-state index contributed by atoms with van der Waals surface area (Å²) in [5.41, 5.74) is 3.52. The number of thioether (sulfide) groups is 1. The standard InChI is InChI=1S/C15H13F2N3OS/c16-15(17)22-13-5-2-11(3-6-13)14-7-4-12(21-14)10-20-19-9-1-8-18/h2-7,10,15,19H,1,9H2/b20-10-. The molecule has 1 aromatic carbocycles. The fourth-order valence-electron chi connectivity index (χ4n) is 1.66. The van der Waals surface area contributed by atoms with Crippen LogP contribution >= 0.6 is 11.8 Å². The Morgan fingerprint density at radius 3 is 2.73 bits per heavy atom. The van der Waals surface area contributed by atoms with E-state index >= 15 is 0 Å². The van der Waals surface area contributed by atoms with Crippen LogP contribution in [0, 0.1) is 11.3 Å². The summed E-state index contributed by atoms with van der Waals surface area (Å²) in [6, 6.07) is 12.3. The molecule has 0 unspecified atom stereocenters. The van der Waals surface area contributed by atoms with Crippen molar-refractivity contribution < 1.29 is 13.2 Å². The van der Waals surface area contributed by atoms with Crippen molar-refractivity contribution in [1.29, 1.82) is 5.26 Å². The van der Waals surface area contributed by atoms with E-state index in [1.165, 1.54) is 6.21 Å². The molecule has 2 aromatic rings. The van der Waals surface area contributed by atoms with Crippen molar-refractivity contribution in [3.05, 3.63) is 42.2 Å². The fraction of sp³-hybridized carbons (Fsp3) is 0.200. The third-order valence-electron chi connectivity index (χ3n) is 2.62. The molecule has 0 saturated carbocycles. The highest BCUT2D eigenvalue weighted by molar-refractivity contribution is 7.99. The highest BCUT2D eigenvalue weighted by Crippen LogP contribution is 2.28. The van der Waals surface area contributed by atoms with Gasteiger partial charge in [-0.25, -0.2) is 0 Å². The van der Waals surface area contributed by atoms with E-state index in [0.717, 1.165) is 5.56 Å². The summed E-state index contributed by atoms with van der Waals surface area (Å²) in [6.07, 6.45) is 1.89. The van der Waals surface area contributed by atoms with Gasteiger partial charge in [0.25, 0.3) is 5.76 Å². The van der Waals surface area contributed by atoms with Crippen LogP contribution in [0.4, 0.5) is 8.78 Å². The third-order valence-corrected chi connectivity index (χ3v) is 3.34. The maximum Gasteiger partial charge on any atom is 0.288 e. The zero-order valence-electron chi connectivity index (χ0n) is 11.5. The molecule has 0 saturated heterocycles. The number of furan rings is 1. The summed E-state index contributed by atoms with van der Waals surface area (Å²) in [7, 11) is 0. The van der Waals surface area contributed by atoms with Crippen molar-refractivity contribution in [1.82, 2.24) is 5.43 Å². The van der Waals surface area contributed by atoms with E-state index in [2.05, 4.69) is 10.5 Å². The Bertz CT molecular complexity index is 662. The number of hydrogen-bond acceptors (Lipinski definition) is 5. The van der Waals surface area contributed by atoms with Crippen molar-refractivity contribution in [3.8, 4) is 17.4 Å². The van der Waals surface area contributed by atoms with Crippen LogP contribution in [0.25, 0.3) is 11.3 Å². The van der Waals surface area contributed by atoms with Crippen molar-refractivity contribution in [3.63, 3.8) is 0 Å². The first-order valence-electron chi connectivity index (χ1n) is 6.47. The van der Waals surface area contributed by atoms with E-state index in [9.17, 15) is 8.78 Å². The van der Waals surface area contributed by atoms with Crippen LogP contribution in [0.15, 0.2) is 50.8 Å². The Balaban J connectivity index is 1.97. The summed E-state index contributed by atoms with van der Waals surface area (Å²) in [5, 5.41) is 12.3. The first-order valence-corrected chi connectivity index (χ1v) is 7.35. The molecule has 0 amide bonds. The van der Waals surface area contributed by atoms with Crippen LogP contribution in [0.2, 0.25) is 0 Å². The lowest BCUT2D eigenvalue weighted by Crippen LogP contribution is -2.06. The summed E-state index contributed by atoms with van der Waals surface area (Å²) >= 11 is 0.509. The van der Waals surface area contributed by atoms with Gasteiger partial charge >= 0.3 is 0 Å². The molecular weight excluding hydrogens is 308 g/mol. The van der Waals surface area contributed by atoms with E-state index in [0.29, 0.717) is 41.1 Å². The molecule has 0 aliphatic rings. The molecule has 1 aromatic heterocycles. The minimum Gasteiger partial charge on any atom is -0.455 e. The van der Waals surface area contributed by atoms with Crippen LogP contribution in [-0.2, 0) is 0 Å². The minimum absolute atomic E-state index is 0.379. The molecule has 0 fully saturated rings. The molecule has 2 rings (SSSR count). The minimum atomic E-state index is -2.43. The van der Waals surface area contributed by atoms with Gasteiger partial charge in [0.05, 0.1) is 18.7 Å². The van der Waals surface area contributed by atoms with Gasteiger partial charge in [-0.1, -0.05) is 23.9 Å². The van der Waals surface area contributed by atoms with Gasteiger partial charge in [0.15, 0.2) is 0 Å². The molecule has 4 nitrogen and oxygen atoms in total. The summed E-state index contributed by atoms with van der Waals surface area (Å²) in [4.78, 5) is 0.508. The number of nitriles is 1.